The van der Waals surface area contributed by atoms with Gasteiger partial charge in [-0.1, -0.05) is 43.5 Å². The first kappa shape index (κ1) is 23.7. The highest BCUT2D eigenvalue weighted by Gasteiger charge is 2.27. The van der Waals surface area contributed by atoms with Crippen LogP contribution in [0.15, 0.2) is 53.5 Å². The molecule has 2 aliphatic carbocycles. The molecule has 1 heterocycles. The molecule has 0 radical (unpaired) electrons. The number of para-hydroxylation sites is 1. The fourth-order valence-electron chi connectivity index (χ4n) is 4.97. The van der Waals surface area contributed by atoms with Crippen LogP contribution in [0.3, 0.4) is 0 Å². The zero-order valence-corrected chi connectivity index (χ0v) is 20.7. The predicted molar refractivity (Wildman–Crippen MR) is 140 cm³/mol. The number of benzene rings is 2. The molecule has 35 heavy (non-hydrogen) atoms. The van der Waals surface area contributed by atoms with E-state index < -0.39 is 0 Å². The topological polar surface area (TPSA) is 50.7 Å². The van der Waals surface area contributed by atoms with Gasteiger partial charge in [0.15, 0.2) is 0 Å². The van der Waals surface area contributed by atoms with Crippen LogP contribution in [0.25, 0.3) is 0 Å². The maximum absolute atomic E-state index is 13.4. The van der Waals surface area contributed by atoms with Crippen LogP contribution in [0, 0.1) is 5.82 Å². The molecule has 0 atom stereocenters. The molecule has 1 fully saturated rings. The van der Waals surface area contributed by atoms with Crippen LogP contribution in [0.1, 0.15) is 76.9 Å². The maximum Gasteiger partial charge on any atom is 0.254 e. The Labute approximate surface area is 210 Å². The molecule has 4 nitrogen and oxygen atoms in total. The SMILES string of the molecule is O=C(NC1CCCCC1)c1c(N=Cc2ccccc2OCc2ccc(F)cc2)sc2c1CCCC2. The van der Waals surface area contributed by atoms with E-state index in [0.717, 1.165) is 53.8 Å². The van der Waals surface area contributed by atoms with Gasteiger partial charge in [0.05, 0.1) is 5.56 Å². The van der Waals surface area contributed by atoms with Gasteiger partial charge in [-0.3, -0.25) is 4.79 Å². The van der Waals surface area contributed by atoms with Crippen LogP contribution in [0.2, 0.25) is 0 Å². The Kier molecular flexibility index (Phi) is 7.57. The van der Waals surface area contributed by atoms with Gasteiger partial charge >= 0.3 is 0 Å². The quantitative estimate of drug-likeness (QED) is 0.357. The minimum atomic E-state index is -0.261. The molecular formula is C29H31FN2O2S. The lowest BCUT2D eigenvalue weighted by atomic mass is 9.93. The third kappa shape index (κ3) is 5.81. The van der Waals surface area contributed by atoms with E-state index in [0.29, 0.717) is 12.4 Å². The highest BCUT2D eigenvalue weighted by molar-refractivity contribution is 7.16. The van der Waals surface area contributed by atoms with E-state index >= 15 is 0 Å². The number of aryl methyl sites for hydroxylation is 1. The third-order valence-electron chi connectivity index (χ3n) is 6.87. The van der Waals surface area contributed by atoms with E-state index in [4.69, 9.17) is 9.73 Å². The number of carbonyl (C=O) groups excluding carboxylic acids is 1. The number of nitrogens with zero attached hydrogens (tertiary/aromatic N) is 1. The third-order valence-corrected chi connectivity index (χ3v) is 8.07. The number of fused-ring (bicyclic) bond motifs is 1. The normalized spacial score (nSPS) is 16.3. The number of nitrogens with one attached hydrogen (secondary N) is 1. The van der Waals surface area contributed by atoms with Crippen LogP contribution in [0.5, 0.6) is 5.75 Å². The minimum Gasteiger partial charge on any atom is -0.488 e. The lowest BCUT2D eigenvalue weighted by molar-refractivity contribution is 0.0927. The number of carbonyl (C=O) groups is 1. The Morgan fingerprint density at radius 1 is 1.03 bits per heavy atom. The number of thiophene rings is 1. The van der Waals surface area contributed by atoms with Crippen molar-refractivity contribution in [3.63, 3.8) is 0 Å². The van der Waals surface area contributed by atoms with Gasteiger partial charge in [0.2, 0.25) is 0 Å². The average molecular weight is 491 g/mol. The second-order valence-electron chi connectivity index (χ2n) is 9.41. The van der Waals surface area contributed by atoms with Crippen molar-refractivity contribution >= 4 is 28.5 Å². The Bertz CT molecular complexity index is 1200. The Morgan fingerprint density at radius 2 is 1.80 bits per heavy atom. The van der Waals surface area contributed by atoms with Crippen molar-refractivity contribution in [1.29, 1.82) is 0 Å². The molecule has 0 bridgehead atoms. The lowest BCUT2D eigenvalue weighted by Gasteiger charge is -2.23. The van der Waals surface area contributed by atoms with Crippen molar-refractivity contribution in [1.82, 2.24) is 5.32 Å². The van der Waals surface area contributed by atoms with Crippen LogP contribution in [-0.4, -0.2) is 18.2 Å². The van der Waals surface area contributed by atoms with Crippen LogP contribution >= 0.6 is 11.3 Å². The zero-order valence-electron chi connectivity index (χ0n) is 19.9. The fourth-order valence-corrected chi connectivity index (χ4v) is 6.20. The van der Waals surface area contributed by atoms with Gasteiger partial charge in [0, 0.05) is 22.7 Å². The van der Waals surface area contributed by atoms with E-state index in [-0.39, 0.29) is 17.8 Å². The molecule has 2 aromatic carbocycles. The van der Waals surface area contributed by atoms with Crippen molar-refractivity contribution in [2.45, 2.75) is 70.4 Å². The summed E-state index contributed by atoms with van der Waals surface area (Å²) in [4.78, 5) is 19.5. The first-order valence-corrected chi connectivity index (χ1v) is 13.4. The molecule has 2 aliphatic rings. The number of hydrogen-bond donors (Lipinski definition) is 1. The van der Waals surface area contributed by atoms with E-state index in [1.807, 2.05) is 24.3 Å². The van der Waals surface area contributed by atoms with Gasteiger partial charge in [0.25, 0.3) is 5.91 Å². The summed E-state index contributed by atoms with van der Waals surface area (Å²) in [5.41, 5.74) is 3.71. The molecule has 0 spiro atoms. The van der Waals surface area contributed by atoms with E-state index in [9.17, 15) is 9.18 Å². The average Bonchev–Trinajstić information content (AvgIpc) is 3.27. The molecule has 6 heteroatoms. The predicted octanol–water partition coefficient (Wildman–Crippen LogP) is 7.16. The largest absolute Gasteiger partial charge is 0.488 e. The highest BCUT2D eigenvalue weighted by atomic mass is 32.1. The summed E-state index contributed by atoms with van der Waals surface area (Å²) in [6.45, 7) is 0.341. The Hall–Kier alpha value is -2.99. The summed E-state index contributed by atoms with van der Waals surface area (Å²) in [6.07, 6.45) is 11.8. The maximum atomic E-state index is 13.4. The molecular weight excluding hydrogens is 459 g/mol. The molecule has 1 saturated carbocycles. The lowest BCUT2D eigenvalue weighted by Crippen LogP contribution is -2.36. The standard InChI is InChI=1S/C29H31FN2O2S/c30-22-16-14-20(15-17-22)19-34-25-12-6-4-8-21(25)18-31-29-27(24-11-5-7-13-26(24)35-29)28(33)32-23-9-2-1-3-10-23/h4,6,8,12,14-18,23H,1-3,5,7,9-11,13,19H2,(H,32,33). The van der Waals surface area contributed by atoms with Gasteiger partial charge in [-0.2, -0.15) is 0 Å². The minimum absolute atomic E-state index is 0.0318. The summed E-state index contributed by atoms with van der Waals surface area (Å²) in [5, 5.41) is 4.10. The molecule has 0 aliphatic heterocycles. The van der Waals surface area contributed by atoms with Crippen molar-refractivity contribution in [2.75, 3.05) is 0 Å². The van der Waals surface area contributed by atoms with E-state index in [2.05, 4.69) is 5.32 Å². The summed E-state index contributed by atoms with van der Waals surface area (Å²) in [6, 6.07) is 14.3. The molecule has 1 aromatic heterocycles. The summed E-state index contributed by atoms with van der Waals surface area (Å²) >= 11 is 1.65. The number of amides is 1. The molecule has 0 saturated heterocycles. The molecule has 3 aromatic rings. The summed E-state index contributed by atoms with van der Waals surface area (Å²) < 4.78 is 19.2. The number of aliphatic imine (C=N–C) groups is 1. The molecule has 1 amide bonds. The zero-order chi connectivity index (χ0) is 24.0. The van der Waals surface area contributed by atoms with Crippen LogP contribution in [0.4, 0.5) is 9.39 Å². The Balaban J connectivity index is 1.37. The summed E-state index contributed by atoms with van der Waals surface area (Å²) in [7, 11) is 0. The second-order valence-corrected chi connectivity index (χ2v) is 10.5. The van der Waals surface area contributed by atoms with Crippen molar-refractivity contribution in [3.8, 4) is 5.75 Å². The fraction of sp³-hybridized carbons (Fsp3) is 0.379. The van der Waals surface area contributed by atoms with E-state index in [1.165, 1.54) is 48.3 Å². The monoisotopic (exact) mass is 490 g/mol. The second kappa shape index (κ2) is 11.2. The van der Waals surface area contributed by atoms with Gasteiger partial charge in [0.1, 0.15) is 23.2 Å². The number of halogens is 1. The molecule has 182 valence electrons. The first-order valence-electron chi connectivity index (χ1n) is 12.6. The summed E-state index contributed by atoms with van der Waals surface area (Å²) in [5.74, 6) is 0.475. The molecule has 1 N–H and O–H groups in total. The van der Waals surface area contributed by atoms with E-state index in [1.54, 1.807) is 29.7 Å². The Morgan fingerprint density at radius 3 is 2.63 bits per heavy atom. The molecule has 0 unspecified atom stereocenters. The van der Waals surface area contributed by atoms with Gasteiger partial charge in [-0.05, 0) is 73.9 Å². The highest BCUT2D eigenvalue weighted by Crippen LogP contribution is 2.40. The number of ether oxygens (including phenoxy) is 1. The van der Waals surface area contributed by atoms with Gasteiger partial charge in [-0.15, -0.1) is 11.3 Å². The number of rotatable bonds is 7. The van der Waals surface area contributed by atoms with Gasteiger partial charge in [-0.25, -0.2) is 9.38 Å². The van der Waals surface area contributed by atoms with Crippen molar-refractivity contribution < 1.29 is 13.9 Å². The van der Waals surface area contributed by atoms with Gasteiger partial charge < -0.3 is 10.1 Å². The van der Waals surface area contributed by atoms with Crippen molar-refractivity contribution in [2.24, 2.45) is 4.99 Å². The van der Waals surface area contributed by atoms with Crippen LogP contribution < -0.4 is 10.1 Å². The van der Waals surface area contributed by atoms with Crippen LogP contribution in [-0.2, 0) is 19.4 Å². The number of hydrogen-bond acceptors (Lipinski definition) is 4. The first-order chi connectivity index (χ1) is 17.2. The smallest absolute Gasteiger partial charge is 0.254 e. The molecule has 5 rings (SSSR count). The van der Waals surface area contributed by atoms with Crippen molar-refractivity contribution in [3.05, 3.63) is 81.5 Å².